The molecule has 0 aliphatic heterocycles. The molecule has 2 unspecified atom stereocenters. The van der Waals surface area contributed by atoms with Gasteiger partial charge in [0.25, 0.3) is 0 Å². The Morgan fingerprint density at radius 2 is 2.35 bits per heavy atom. The average molecular weight is 281 g/mol. The van der Waals surface area contributed by atoms with Crippen LogP contribution in [0, 0.1) is 5.82 Å². The van der Waals surface area contributed by atoms with Gasteiger partial charge in [0.15, 0.2) is 0 Å². The Balaban J connectivity index is 2.05. The largest absolute Gasteiger partial charge is 0.490 e. The fourth-order valence-corrected chi connectivity index (χ4v) is 2.79. The van der Waals surface area contributed by atoms with E-state index in [1.807, 2.05) is 6.92 Å². The molecule has 110 valence electrons. The normalized spacial score (nSPS) is 25.4. The summed E-state index contributed by atoms with van der Waals surface area (Å²) in [6.45, 7) is 2.63. The van der Waals surface area contributed by atoms with Crippen LogP contribution in [0.2, 0.25) is 0 Å². The first-order chi connectivity index (χ1) is 9.59. The molecule has 0 spiro atoms. The van der Waals surface area contributed by atoms with Crippen LogP contribution in [-0.4, -0.2) is 31.3 Å². The van der Waals surface area contributed by atoms with Crippen LogP contribution in [0.25, 0.3) is 0 Å². The number of nitrogens with one attached hydrogen (secondary N) is 1. The molecule has 2 atom stereocenters. The molecule has 0 heterocycles. The first kappa shape index (κ1) is 14.8. The molecule has 1 aliphatic carbocycles. The highest BCUT2D eigenvalue weighted by Crippen LogP contribution is 2.34. The van der Waals surface area contributed by atoms with E-state index in [-0.39, 0.29) is 17.9 Å². The van der Waals surface area contributed by atoms with E-state index in [2.05, 4.69) is 5.32 Å². The molecular formula is C15H20FNO3. The van der Waals surface area contributed by atoms with E-state index in [4.69, 9.17) is 9.47 Å². The maximum atomic E-state index is 13.1. The molecule has 1 N–H and O–H groups in total. The van der Waals surface area contributed by atoms with Gasteiger partial charge in [-0.3, -0.25) is 4.79 Å². The lowest BCUT2D eigenvalue weighted by molar-refractivity contribution is -0.148. The number of carbonyl (C=O) groups excluding carboxylic acids is 1. The van der Waals surface area contributed by atoms with Gasteiger partial charge in [-0.05, 0) is 31.5 Å². The van der Waals surface area contributed by atoms with Crippen LogP contribution >= 0.6 is 0 Å². The lowest BCUT2D eigenvalue weighted by Gasteiger charge is -2.27. The van der Waals surface area contributed by atoms with Crippen molar-refractivity contribution in [2.24, 2.45) is 0 Å². The third-order valence-electron chi connectivity index (χ3n) is 3.66. The highest BCUT2D eigenvalue weighted by Gasteiger charge is 2.46. The molecule has 0 radical (unpaired) electrons. The summed E-state index contributed by atoms with van der Waals surface area (Å²) in [6, 6.07) is 6.05. The van der Waals surface area contributed by atoms with Crippen LogP contribution < -0.4 is 10.1 Å². The molecule has 0 bridgehead atoms. The monoisotopic (exact) mass is 281 g/mol. The number of esters is 1. The van der Waals surface area contributed by atoms with Crippen molar-refractivity contribution in [3.05, 3.63) is 30.1 Å². The maximum Gasteiger partial charge on any atom is 0.326 e. The second-order valence-corrected chi connectivity index (χ2v) is 5.04. The number of rotatable bonds is 5. The Hall–Kier alpha value is -1.62. The second kappa shape index (κ2) is 6.22. The molecule has 1 aromatic rings. The Bertz CT molecular complexity index is 480. The summed E-state index contributed by atoms with van der Waals surface area (Å²) < 4.78 is 23.8. The summed E-state index contributed by atoms with van der Waals surface area (Å²) >= 11 is 0. The van der Waals surface area contributed by atoms with Crippen molar-refractivity contribution in [2.45, 2.75) is 37.8 Å². The number of likely N-dealkylation sites (N-methyl/N-ethyl adjacent to an activating group) is 1. The molecule has 0 aromatic heterocycles. The van der Waals surface area contributed by atoms with Gasteiger partial charge in [-0.15, -0.1) is 0 Å². The quantitative estimate of drug-likeness (QED) is 0.841. The van der Waals surface area contributed by atoms with Gasteiger partial charge in [-0.1, -0.05) is 13.0 Å². The van der Waals surface area contributed by atoms with Gasteiger partial charge in [0.05, 0.1) is 7.11 Å². The summed E-state index contributed by atoms with van der Waals surface area (Å²) in [4.78, 5) is 12.0. The third-order valence-corrected chi connectivity index (χ3v) is 3.66. The van der Waals surface area contributed by atoms with E-state index in [0.717, 1.165) is 6.42 Å². The van der Waals surface area contributed by atoms with Crippen molar-refractivity contribution in [2.75, 3.05) is 13.7 Å². The molecular weight excluding hydrogens is 261 g/mol. The molecule has 1 fully saturated rings. The average Bonchev–Trinajstić information content (AvgIpc) is 2.82. The number of ether oxygens (including phenoxy) is 2. The minimum atomic E-state index is -0.679. The first-order valence-electron chi connectivity index (χ1n) is 6.85. The Kier molecular flexibility index (Phi) is 4.60. The zero-order valence-electron chi connectivity index (χ0n) is 11.8. The fraction of sp³-hybridized carbons (Fsp3) is 0.533. The SMILES string of the molecule is CCNC1(C(=O)OC)CCC(Oc2cccc(F)c2)C1. The van der Waals surface area contributed by atoms with Crippen molar-refractivity contribution in [3.63, 3.8) is 0 Å². The highest BCUT2D eigenvalue weighted by atomic mass is 19.1. The minimum absolute atomic E-state index is 0.116. The van der Waals surface area contributed by atoms with Crippen molar-refractivity contribution in [3.8, 4) is 5.75 Å². The molecule has 1 aliphatic rings. The molecule has 1 aromatic carbocycles. The van der Waals surface area contributed by atoms with Gasteiger partial charge in [-0.25, -0.2) is 4.39 Å². The number of halogens is 1. The second-order valence-electron chi connectivity index (χ2n) is 5.04. The maximum absolute atomic E-state index is 13.1. The predicted molar refractivity (Wildman–Crippen MR) is 73.1 cm³/mol. The number of hydrogen-bond acceptors (Lipinski definition) is 4. The van der Waals surface area contributed by atoms with E-state index in [9.17, 15) is 9.18 Å². The van der Waals surface area contributed by atoms with Crippen LogP contribution in [-0.2, 0) is 9.53 Å². The Labute approximate surface area is 118 Å². The number of benzene rings is 1. The van der Waals surface area contributed by atoms with Gasteiger partial charge >= 0.3 is 5.97 Å². The first-order valence-corrected chi connectivity index (χ1v) is 6.85. The fourth-order valence-electron chi connectivity index (χ4n) is 2.79. The van der Waals surface area contributed by atoms with Gasteiger partial charge in [0.1, 0.15) is 23.2 Å². The zero-order valence-corrected chi connectivity index (χ0v) is 11.8. The standard InChI is InChI=1S/C15H20FNO3/c1-3-17-15(14(18)19-2)8-7-13(10-15)20-12-6-4-5-11(16)9-12/h4-6,9,13,17H,3,7-8,10H2,1-2H3. The van der Waals surface area contributed by atoms with Crippen molar-refractivity contribution < 1.29 is 18.7 Å². The third kappa shape index (κ3) is 3.10. The Morgan fingerprint density at radius 3 is 3.00 bits per heavy atom. The topological polar surface area (TPSA) is 47.6 Å². The summed E-state index contributed by atoms with van der Waals surface area (Å²) in [5.74, 6) is -0.0942. The summed E-state index contributed by atoms with van der Waals surface area (Å²) in [5, 5.41) is 3.21. The molecule has 4 nitrogen and oxygen atoms in total. The molecule has 0 saturated heterocycles. The lowest BCUT2D eigenvalue weighted by atomic mass is 9.97. The smallest absolute Gasteiger partial charge is 0.326 e. The van der Waals surface area contributed by atoms with Gasteiger partial charge in [0, 0.05) is 12.5 Å². The minimum Gasteiger partial charge on any atom is -0.490 e. The summed E-state index contributed by atoms with van der Waals surface area (Å²) in [6.07, 6.45) is 1.81. The van der Waals surface area contributed by atoms with E-state index >= 15 is 0 Å². The molecule has 2 rings (SSSR count). The van der Waals surface area contributed by atoms with E-state index in [0.29, 0.717) is 25.1 Å². The van der Waals surface area contributed by atoms with E-state index < -0.39 is 5.54 Å². The van der Waals surface area contributed by atoms with Crippen LogP contribution in [0.3, 0.4) is 0 Å². The van der Waals surface area contributed by atoms with Crippen LogP contribution in [0.1, 0.15) is 26.2 Å². The lowest BCUT2D eigenvalue weighted by Crippen LogP contribution is -2.51. The number of hydrogen-bond donors (Lipinski definition) is 1. The molecule has 20 heavy (non-hydrogen) atoms. The summed E-state index contributed by atoms with van der Waals surface area (Å²) in [5.41, 5.74) is -0.679. The van der Waals surface area contributed by atoms with Gasteiger partial charge in [-0.2, -0.15) is 0 Å². The zero-order chi connectivity index (χ0) is 14.6. The van der Waals surface area contributed by atoms with Crippen molar-refractivity contribution >= 4 is 5.97 Å². The highest BCUT2D eigenvalue weighted by molar-refractivity contribution is 5.81. The number of methoxy groups -OCH3 is 1. The Morgan fingerprint density at radius 1 is 1.55 bits per heavy atom. The van der Waals surface area contributed by atoms with Crippen LogP contribution in [0.5, 0.6) is 5.75 Å². The van der Waals surface area contributed by atoms with E-state index in [1.54, 1.807) is 12.1 Å². The summed E-state index contributed by atoms with van der Waals surface area (Å²) in [7, 11) is 1.39. The van der Waals surface area contributed by atoms with Crippen molar-refractivity contribution in [1.82, 2.24) is 5.32 Å². The van der Waals surface area contributed by atoms with Gasteiger partial charge < -0.3 is 14.8 Å². The molecule has 0 amide bonds. The predicted octanol–water partition coefficient (Wildman–Crippen LogP) is 2.28. The molecule has 1 saturated carbocycles. The van der Waals surface area contributed by atoms with E-state index in [1.165, 1.54) is 19.2 Å². The van der Waals surface area contributed by atoms with Crippen LogP contribution in [0.4, 0.5) is 4.39 Å². The molecule has 5 heteroatoms. The van der Waals surface area contributed by atoms with Crippen LogP contribution in [0.15, 0.2) is 24.3 Å². The van der Waals surface area contributed by atoms with Crippen molar-refractivity contribution in [1.29, 1.82) is 0 Å². The number of carbonyl (C=O) groups is 1. The van der Waals surface area contributed by atoms with Gasteiger partial charge in [0.2, 0.25) is 0 Å².